The molecule has 0 radical (unpaired) electrons. The molecule has 0 bridgehead atoms. The number of nitrogens with zero attached hydrogens (tertiary/aromatic N) is 3. The normalized spacial score (nSPS) is 13.4. The first kappa shape index (κ1) is 21.8. The summed E-state index contributed by atoms with van der Waals surface area (Å²) >= 11 is 0. The van der Waals surface area contributed by atoms with Crippen LogP contribution in [0.2, 0.25) is 0 Å². The molecule has 4 aromatic carbocycles. The Morgan fingerprint density at radius 2 is 1.25 bits per heavy atom. The van der Waals surface area contributed by atoms with E-state index < -0.39 is 0 Å². The smallest absolute Gasteiger partial charge is 0.101 e. The van der Waals surface area contributed by atoms with Crippen molar-refractivity contribution in [3.05, 3.63) is 132 Å². The van der Waals surface area contributed by atoms with Gasteiger partial charge in [0.1, 0.15) is 6.07 Å². The standard InChI is InChI=1S/C33H25N3/c1-33(2)29-10-3-5-12-31(29)36(32-13-6-4-11-30(32)33)28-9-7-8-26(19-28)24-14-16-25(17-15-24)27-18-23(20-34)21-35-22-27/h3-19,21-22H,1-2H3. The zero-order chi connectivity index (χ0) is 24.7. The molecule has 0 fully saturated rings. The van der Waals surface area contributed by atoms with Crippen molar-refractivity contribution in [1.82, 2.24) is 4.98 Å². The van der Waals surface area contributed by atoms with Crippen LogP contribution in [0.15, 0.2) is 116 Å². The molecule has 6 rings (SSSR count). The summed E-state index contributed by atoms with van der Waals surface area (Å²) in [5.74, 6) is 0. The van der Waals surface area contributed by atoms with Crippen molar-refractivity contribution in [2.24, 2.45) is 0 Å². The van der Waals surface area contributed by atoms with Crippen LogP contribution < -0.4 is 4.90 Å². The van der Waals surface area contributed by atoms with Crippen LogP contribution in [-0.2, 0) is 5.41 Å². The third-order valence-corrected chi connectivity index (χ3v) is 7.16. The summed E-state index contributed by atoms with van der Waals surface area (Å²) in [5.41, 5.74) is 11.0. The molecule has 0 spiro atoms. The van der Waals surface area contributed by atoms with Gasteiger partial charge in [-0.25, -0.2) is 0 Å². The molecule has 0 unspecified atom stereocenters. The Morgan fingerprint density at radius 3 is 1.89 bits per heavy atom. The lowest BCUT2D eigenvalue weighted by atomic mass is 9.73. The highest BCUT2D eigenvalue weighted by Crippen LogP contribution is 2.51. The van der Waals surface area contributed by atoms with E-state index in [1.165, 1.54) is 22.5 Å². The Labute approximate surface area is 211 Å². The molecular weight excluding hydrogens is 438 g/mol. The summed E-state index contributed by atoms with van der Waals surface area (Å²) in [6.07, 6.45) is 3.38. The van der Waals surface area contributed by atoms with Gasteiger partial charge in [-0.2, -0.15) is 5.26 Å². The second kappa shape index (κ2) is 8.52. The van der Waals surface area contributed by atoms with Crippen LogP contribution in [0.1, 0.15) is 30.5 Å². The van der Waals surface area contributed by atoms with Crippen LogP contribution in [0.4, 0.5) is 17.1 Å². The van der Waals surface area contributed by atoms with Crippen molar-refractivity contribution >= 4 is 17.1 Å². The number of hydrogen-bond acceptors (Lipinski definition) is 3. The van der Waals surface area contributed by atoms with E-state index in [9.17, 15) is 5.26 Å². The van der Waals surface area contributed by atoms with E-state index in [-0.39, 0.29) is 5.41 Å². The van der Waals surface area contributed by atoms with Gasteiger partial charge in [-0.05, 0) is 58.1 Å². The predicted molar refractivity (Wildman–Crippen MR) is 147 cm³/mol. The number of benzene rings is 4. The minimum atomic E-state index is -0.0746. The molecule has 1 aliphatic heterocycles. The maximum atomic E-state index is 9.19. The third-order valence-electron chi connectivity index (χ3n) is 7.16. The van der Waals surface area contributed by atoms with Gasteiger partial charge in [0.25, 0.3) is 0 Å². The van der Waals surface area contributed by atoms with Crippen LogP contribution in [0, 0.1) is 11.3 Å². The minimum Gasteiger partial charge on any atom is -0.310 e. The maximum absolute atomic E-state index is 9.19. The van der Waals surface area contributed by atoms with Gasteiger partial charge in [0.15, 0.2) is 0 Å². The van der Waals surface area contributed by atoms with Crippen molar-refractivity contribution in [3.63, 3.8) is 0 Å². The Bertz CT molecular complexity index is 1570. The van der Waals surface area contributed by atoms with Gasteiger partial charge in [-0.1, -0.05) is 86.6 Å². The first-order valence-corrected chi connectivity index (χ1v) is 12.1. The predicted octanol–water partition coefficient (Wildman–Crippen LogP) is 8.40. The SMILES string of the molecule is CC1(C)c2ccccc2N(c2cccc(-c3ccc(-c4cncc(C#N)c4)cc3)c2)c2ccccc21. The van der Waals surface area contributed by atoms with Crippen molar-refractivity contribution in [2.45, 2.75) is 19.3 Å². The zero-order valence-corrected chi connectivity index (χ0v) is 20.3. The monoisotopic (exact) mass is 463 g/mol. The molecular formula is C33H25N3. The van der Waals surface area contributed by atoms with Gasteiger partial charge in [0.05, 0.1) is 16.9 Å². The van der Waals surface area contributed by atoms with Gasteiger partial charge >= 0.3 is 0 Å². The molecule has 1 aliphatic rings. The Morgan fingerprint density at radius 1 is 0.639 bits per heavy atom. The summed E-state index contributed by atoms with van der Waals surface area (Å²) in [6, 6.07) is 38.7. The van der Waals surface area contributed by atoms with Gasteiger partial charge in [-0.3, -0.25) is 4.98 Å². The molecule has 0 aliphatic carbocycles. The first-order valence-electron chi connectivity index (χ1n) is 12.1. The van der Waals surface area contributed by atoms with Crippen molar-refractivity contribution < 1.29 is 0 Å². The minimum absolute atomic E-state index is 0.0746. The van der Waals surface area contributed by atoms with Gasteiger partial charge < -0.3 is 4.90 Å². The fraction of sp³-hybridized carbons (Fsp3) is 0.0909. The first-order chi connectivity index (χ1) is 17.6. The number of fused-ring (bicyclic) bond motifs is 2. The number of anilines is 3. The molecule has 0 atom stereocenters. The maximum Gasteiger partial charge on any atom is 0.101 e. The van der Waals surface area contributed by atoms with Crippen molar-refractivity contribution in [2.75, 3.05) is 4.90 Å². The molecule has 2 heterocycles. The van der Waals surface area contributed by atoms with Crippen LogP contribution >= 0.6 is 0 Å². The van der Waals surface area contributed by atoms with Gasteiger partial charge in [-0.15, -0.1) is 0 Å². The number of para-hydroxylation sites is 2. The lowest BCUT2D eigenvalue weighted by Gasteiger charge is -2.42. The number of nitriles is 1. The van der Waals surface area contributed by atoms with Crippen molar-refractivity contribution in [3.8, 4) is 28.3 Å². The van der Waals surface area contributed by atoms with Crippen molar-refractivity contribution in [1.29, 1.82) is 5.26 Å². The van der Waals surface area contributed by atoms with E-state index in [0.717, 1.165) is 27.9 Å². The Balaban J connectivity index is 1.42. The zero-order valence-electron chi connectivity index (χ0n) is 20.3. The highest BCUT2D eigenvalue weighted by molar-refractivity contribution is 5.87. The van der Waals surface area contributed by atoms with E-state index in [2.05, 4.69) is 127 Å². The Hall–Kier alpha value is -4.68. The summed E-state index contributed by atoms with van der Waals surface area (Å²) in [5, 5.41) is 9.19. The molecule has 0 saturated heterocycles. The largest absolute Gasteiger partial charge is 0.310 e. The molecule has 36 heavy (non-hydrogen) atoms. The van der Waals surface area contributed by atoms with Gasteiger partial charge in [0, 0.05) is 29.1 Å². The Kier molecular flexibility index (Phi) is 5.16. The molecule has 0 N–H and O–H groups in total. The summed E-state index contributed by atoms with van der Waals surface area (Å²) in [4.78, 5) is 6.58. The molecule has 3 heteroatoms. The van der Waals surface area contributed by atoms with E-state index in [1.807, 2.05) is 6.07 Å². The van der Waals surface area contributed by atoms with Crippen LogP contribution in [0.3, 0.4) is 0 Å². The average molecular weight is 464 g/mol. The fourth-order valence-electron chi connectivity index (χ4n) is 5.29. The third kappa shape index (κ3) is 3.56. The topological polar surface area (TPSA) is 39.9 Å². The summed E-state index contributed by atoms with van der Waals surface area (Å²) in [6.45, 7) is 4.61. The molecule has 0 saturated carbocycles. The number of rotatable bonds is 3. The second-order valence-corrected chi connectivity index (χ2v) is 9.70. The lowest BCUT2D eigenvalue weighted by Crippen LogP contribution is -2.30. The fourth-order valence-corrected chi connectivity index (χ4v) is 5.29. The molecule has 1 aromatic heterocycles. The van der Waals surface area contributed by atoms with Gasteiger partial charge in [0.2, 0.25) is 0 Å². The van der Waals surface area contributed by atoms with E-state index >= 15 is 0 Å². The number of pyridine rings is 1. The molecule has 0 amide bonds. The van der Waals surface area contributed by atoms with Crippen LogP contribution in [0.5, 0.6) is 0 Å². The summed E-state index contributed by atoms with van der Waals surface area (Å²) < 4.78 is 0. The number of hydrogen-bond donors (Lipinski definition) is 0. The number of aromatic nitrogens is 1. The van der Waals surface area contributed by atoms with Crippen LogP contribution in [-0.4, -0.2) is 4.98 Å². The molecule has 5 aromatic rings. The molecule has 172 valence electrons. The quantitative estimate of drug-likeness (QED) is 0.270. The highest BCUT2D eigenvalue weighted by atomic mass is 15.2. The highest BCUT2D eigenvalue weighted by Gasteiger charge is 2.36. The van der Waals surface area contributed by atoms with E-state index in [4.69, 9.17) is 0 Å². The molecule has 3 nitrogen and oxygen atoms in total. The van der Waals surface area contributed by atoms with E-state index in [1.54, 1.807) is 12.4 Å². The summed E-state index contributed by atoms with van der Waals surface area (Å²) in [7, 11) is 0. The lowest BCUT2D eigenvalue weighted by molar-refractivity contribution is 0.632. The van der Waals surface area contributed by atoms with E-state index in [0.29, 0.717) is 5.56 Å². The average Bonchev–Trinajstić information content (AvgIpc) is 2.94. The second-order valence-electron chi connectivity index (χ2n) is 9.70. The van der Waals surface area contributed by atoms with Crippen LogP contribution in [0.25, 0.3) is 22.3 Å².